The minimum absolute atomic E-state index is 0.00869. The van der Waals surface area contributed by atoms with Gasteiger partial charge in [0.15, 0.2) is 11.5 Å². The van der Waals surface area contributed by atoms with E-state index < -0.39 is 0 Å². The molecule has 0 saturated carbocycles. The molecule has 2 amide bonds. The van der Waals surface area contributed by atoms with Crippen LogP contribution in [0.2, 0.25) is 0 Å². The van der Waals surface area contributed by atoms with E-state index in [1.807, 2.05) is 73.4 Å². The van der Waals surface area contributed by atoms with Gasteiger partial charge in [0.2, 0.25) is 11.8 Å². The Morgan fingerprint density at radius 3 is 2.29 bits per heavy atom. The monoisotopic (exact) mass is 478 g/mol. The number of carbonyl (C=O) groups excluding carboxylic acids is 2. The number of nitrogens with zero attached hydrogens (tertiary/aromatic N) is 1. The molecular formula is C29H38N2O4. The fraction of sp³-hybridized carbons (Fsp3) is 0.448. The maximum Gasteiger partial charge on any atom is 0.246 e. The van der Waals surface area contributed by atoms with Crippen molar-refractivity contribution in [2.45, 2.75) is 46.6 Å². The topological polar surface area (TPSA) is 67.9 Å². The summed E-state index contributed by atoms with van der Waals surface area (Å²) in [6, 6.07) is 15.5. The molecule has 1 heterocycles. The highest BCUT2D eigenvalue weighted by atomic mass is 16.5. The van der Waals surface area contributed by atoms with Gasteiger partial charge in [-0.25, -0.2) is 0 Å². The highest BCUT2D eigenvalue weighted by Crippen LogP contribution is 2.33. The van der Waals surface area contributed by atoms with Gasteiger partial charge in [0, 0.05) is 25.1 Å². The van der Waals surface area contributed by atoms with Crippen molar-refractivity contribution in [1.82, 2.24) is 10.2 Å². The summed E-state index contributed by atoms with van der Waals surface area (Å²) in [5, 5.41) is 3.26. The van der Waals surface area contributed by atoms with Crippen LogP contribution in [0.4, 0.5) is 0 Å². The van der Waals surface area contributed by atoms with E-state index in [1.54, 1.807) is 6.08 Å². The number of benzene rings is 2. The van der Waals surface area contributed by atoms with Crippen LogP contribution in [0.25, 0.3) is 6.08 Å². The molecule has 0 aromatic heterocycles. The number of rotatable bonds is 10. The molecular weight excluding hydrogens is 440 g/mol. The maximum atomic E-state index is 13.2. The van der Waals surface area contributed by atoms with Crippen LogP contribution in [0, 0.1) is 11.8 Å². The molecule has 2 aromatic carbocycles. The van der Waals surface area contributed by atoms with Crippen LogP contribution in [0.5, 0.6) is 11.5 Å². The van der Waals surface area contributed by atoms with E-state index in [-0.39, 0.29) is 29.7 Å². The summed E-state index contributed by atoms with van der Waals surface area (Å²) in [5.74, 6) is 1.55. The average molecular weight is 479 g/mol. The minimum atomic E-state index is -0.133. The molecule has 1 unspecified atom stereocenters. The van der Waals surface area contributed by atoms with Gasteiger partial charge in [0.05, 0.1) is 19.3 Å². The second-order valence-corrected chi connectivity index (χ2v) is 9.15. The summed E-state index contributed by atoms with van der Waals surface area (Å²) in [6.45, 7) is 10.4. The highest BCUT2D eigenvalue weighted by molar-refractivity contribution is 5.92. The summed E-state index contributed by atoms with van der Waals surface area (Å²) in [6.07, 6.45) is 4.78. The summed E-state index contributed by atoms with van der Waals surface area (Å²) >= 11 is 0. The SMILES string of the molecule is CCOc1ccc(C(NC(=O)C2CCN(C(=O)/C=C/c3ccccc3)CC2)C(C)C)cc1OCC. The lowest BCUT2D eigenvalue weighted by Gasteiger charge is -2.32. The van der Waals surface area contributed by atoms with E-state index >= 15 is 0 Å². The molecule has 1 N–H and O–H groups in total. The first kappa shape index (κ1) is 26.3. The summed E-state index contributed by atoms with van der Waals surface area (Å²) in [5.41, 5.74) is 2.00. The Bertz CT molecular complexity index is 995. The normalized spacial score (nSPS) is 15.3. The van der Waals surface area contributed by atoms with Crippen molar-refractivity contribution in [2.24, 2.45) is 11.8 Å². The molecule has 35 heavy (non-hydrogen) atoms. The molecule has 0 spiro atoms. The van der Waals surface area contributed by atoms with Crippen molar-refractivity contribution in [1.29, 1.82) is 0 Å². The first-order chi connectivity index (χ1) is 16.9. The van der Waals surface area contributed by atoms with Crippen LogP contribution in [-0.2, 0) is 9.59 Å². The molecule has 0 aliphatic carbocycles. The maximum absolute atomic E-state index is 13.2. The lowest BCUT2D eigenvalue weighted by atomic mass is 9.92. The molecule has 0 bridgehead atoms. The van der Waals surface area contributed by atoms with Gasteiger partial charge in [-0.15, -0.1) is 0 Å². The number of carbonyl (C=O) groups is 2. The molecule has 1 fully saturated rings. The van der Waals surface area contributed by atoms with Gasteiger partial charge in [-0.3, -0.25) is 9.59 Å². The first-order valence-electron chi connectivity index (χ1n) is 12.6. The summed E-state index contributed by atoms with van der Waals surface area (Å²) in [4.78, 5) is 27.6. The van der Waals surface area contributed by atoms with E-state index in [0.717, 1.165) is 11.1 Å². The molecule has 1 saturated heterocycles. The molecule has 2 aromatic rings. The van der Waals surface area contributed by atoms with Gasteiger partial charge >= 0.3 is 0 Å². The van der Waals surface area contributed by atoms with Gasteiger partial charge < -0.3 is 19.7 Å². The van der Waals surface area contributed by atoms with Crippen molar-refractivity contribution in [3.8, 4) is 11.5 Å². The Hall–Kier alpha value is -3.28. The average Bonchev–Trinajstić information content (AvgIpc) is 2.87. The predicted octanol–water partition coefficient (Wildman–Crippen LogP) is 5.25. The molecule has 3 rings (SSSR count). The molecule has 1 aliphatic heterocycles. The van der Waals surface area contributed by atoms with Crippen molar-refractivity contribution >= 4 is 17.9 Å². The zero-order valence-electron chi connectivity index (χ0n) is 21.3. The number of hydrogen-bond donors (Lipinski definition) is 1. The van der Waals surface area contributed by atoms with Crippen LogP contribution < -0.4 is 14.8 Å². The number of nitrogens with one attached hydrogen (secondary N) is 1. The van der Waals surface area contributed by atoms with E-state index in [9.17, 15) is 9.59 Å². The van der Waals surface area contributed by atoms with Gasteiger partial charge in [0.1, 0.15) is 0 Å². The number of ether oxygens (including phenoxy) is 2. The van der Waals surface area contributed by atoms with E-state index in [1.165, 1.54) is 0 Å². The second kappa shape index (κ2) is 13.0. The molecule has 0 radical (unpaired) electrons. The predicted molar refractivity (Wildman–Crippen MR) is 139 cm³/mol. The zero-order valence-corrected chi connectivity index (χ0v) is 21.3. The van der Waals surface area contributed by atoms with E-state index in [2.05, 4.69) is 19.2 Å². The lowest BCUT2D eigenvalue weighted by Crippen LogP contribution is -2.44. The van der Waals surface area contributed by atoms with Gasteiger partial charge in [-0.05, 0) is 61.9 Å². The van der Waals surface area contributed by atoms with Crippen LogP contribution in [0.3, 0.4) is 0 Å². The molecule has 1 atom stereocenters. The smallest absolute Gasteiger partial charge is 0.246 e. The number of piperidine rings is 1. The van der Waals surface area contributed by atoms with Crippen molar-refractivity contribution in [3.05, 3.63) is 65.7 Å². The molecule has 188 valence electrons. The lowest BCUT2D eigenvalue weighted by molar-refractivity contribution is -0.132. The largest absolute Gasteiger partial charge is 0.490 e. The Morgan fingerprint density at radius 1 is 1.00 bits per heavy atom. The second-order valence-electron chi connectivity index (χ2n) is 9.15. The minimum Gasteiger partial charge on any atom is -0.490 e. The molecule has 6 nitrogen and oxygen atoms in total. The number of hydrogen-bond acceptors (Lipinski definition) is 4. The van der Waals surface area contributed by atoms with Crippen LogP contribution in [-0.4, -0.2) is 43.0 Å². The fourth-order valence-electron chi connectivity index (χ4n) is 4.37. The van der Waals surface area contributed by atoms with Gasteiger partial charge in [-0.1, -0.05) is 50.2 Å². The first-order valence-corrected chi connectivity index (χ1v) is 12.6. The molecule has 1 aliphatic rings. The van der Waals surface area contributed by atoms with Crippen LogP contribution in [0.15, 0.2) is 54.6 Å². The number of likely N-dealkylation sites (tertiary alicyclic amines) is 1. The van der Waals surface area contributed by atoms with Crippen molar-refractivity contribution in [3.63, 3.8) is 0 Å². The zero-order chi connectivity index (χ0) is 25.2. The van der Waals surface area contributed by atoms with Crippen molar-refractivity contribution < 1.29 is 19.1 Å². The third-order valence-corrected chi connectivity index (χ3v) is 6.29. The van der Waals surface area contributed by atoms with Crippen LogP contribution in [0.1, 0.15) is 57.7 Å². The number of amides is 2. The quantitative estimate of drug-likeness (QED) is 0.474. The van der Waals surface area contributed by atoms with Crippen LogP contribution >= 0.6 is 0 Å². The summed E-state index contributed by atoms with van der Waals surface area (Å²) < 4.78 is 11.5. The Morgan fingerprint density at radius 2 is 1.66 bits per heavy atom. The van der Waals surface area contributed by atoms with Crippen molar-refractivity contribution in [2.75, 3.05) is 26.3 Å². The highest BCUT2D eigenvalue weighted by Gasteiger charge is 2.29. The third kappa shape index (κ3) is 7.35. The molecule has 6 heteroatoms. The Balaban J connectivity index is 1.59. The van der Waals surface area contributed by atoms with E-state index in [0.29, 0.717) is 50.6 Å². The standard InChI is InChI=1S/C29H38N2O4/c1-5-34-25-14-13-24(20-26(25)35-6-2)28(21(3)4)30-29(33)23-16-18-31(19-17-23)27(32)15-12-22-10-8-7-9-11-22/h7-15,20-21,23,28H,5-6,16-19H2,1-4H3,(H,30,33)/b15-12+. The fourth-order valence-corrected chi connectivity index (χ4v) is 4.37. The van der Waals surface area contributed by atoms with Gasteiger partial charge in [-0.2, -0.15) is 0 Å². The Kier molecular flexibility index (Phi) is 9.76. The Labute approximate surface area is 209 Å². The summed E-state index contributed by atoms with van der Waals surface area (Å²) in [7, 11) is 0. The van der Waals surface area contributed by atoms with Gasteiger partial charge in [0.25, 0.3) is 0 Å². The third-order valence-electron chi connectivity index (χ3n) is 6.29. The van der Waals surface area contributed by atoms with E-state index in [4.69, 9.17) is 9.47 Å².